The Morgan fingerprint density at radius 2 is 2.03 bits per heavy atom. The van der Waals surface area contributed by atoms with Gasteiger partial charge in [-0.3, -0.25) is 9.59 Å². The van der Waals surface area contributed by atoms with Gasteiger partial charge in [-0.15, -0.1) is 0 Å². The second-order valence-electron chi connectivity index (χ2n) is 8.65. The van der Waals surface area contributed by atoms with Gasteiger partial charge in [-0.2, -0.15) is 0 Å². The maximum atomic E-state index is 14.1. The van der Waals surface area contributed by atoms with Gasteiger partial charge in [0, 0.05) is 30.4 Å². The fourth-order valence-corrected chi connectivity index (χ4v) is 4.67. The van der Waals surface area contributed by atoms with Crippen LogP contribution in [0.4, 0.5) is 10.1 Å². The first-order valence-corrected chi connectivity index (χ1v) is 11.3. The van der Waals surface area contributed by atoms with E-state index in [9.17, 15) is 19.1 Å². The van der Waals surface area contributed by atoms with Crippen LogP contribution in [0.2, 0.25) is 5.02 Å². The van der Waals surface area contributed by atoms with Gasteiger partial charge in [-0.1, -0.05) is 11.6 Å². The summed E-state index contributed by atoms with van der Waals surface area (Å²) < 4.78 is 20.0. The predicted molar refractivity (Wildman–Crippen MR) is 119 cm³/mol. The largest absolute Gasteiger partial charge is 0.481 e. The van der Waals surface area contributed by atoms with Crippen molar-refractivity contribution in [2.75, 3.05) is 24.6 Å². The number of ether oxygens (including phenoxy) is 1. The van der Waals surface area contributed by atoms with Crippen molar-refractivity contribution in [1.82, 2.24) is 4.98 Å². The van der Waals surface area contributed by atoms with Crippen LogP contribution in [0.1, 0.15) is 53.9 Å². The Kier molecular flexibility index (Phi) is 6.94. The number of halogens is 2. The van der Waals surface area contributed by atoms with E-state index in [0.29, 0.717) is 49.4 Å². The second kappa shape index (κ2) is 9.86. The first-order chi connectivity index (χ1) is 15.4. The highest BCUT2D eigenvalue weighted by Crippen LogP contribution is 2.44. The lowest BCUT2D eigenvalue weighted by Crippen LogP contribution is -2.36. The number of hydrogen-bond acceptors (Lipinski definition) is 5. The first-order valence-electron chi connectivity index (χ1n) is 10.9. The molecule has 2 aliphatic rings. The summed E-state index contributed by atoms with van der Waals surface area (Å²) in [4.78, 5) is 28.9. The molecule has 2 fully saturated rings. The van der Waals surface area contributed by atoms with Gasteiger partial charge in [0.1, 0.15) is 5.82 Å². The van der Waals surface area contributed by atoms with E-state index in [4.69, 9.17) is 16.3 Å². The van der Waals surface area contributed by atoms with Crippen molar-refractivity contribution in [3.63, 3.8) is 0 Å². The maximum Gasteiger partial charge on any atom is 0.303 e. The van der Waals surface area contributed by atoms with Crippen LogP contribution in [0.15, 0.2) is 30.5 Å². The van der Waals surface area contributed by atoms with Crippen molar-refractivity contribution in [1.29, 1.82) is 0 Å². The van der Waals surface area contributed by atoms with Crippen LogP contribution in [0, 0.1) is 17.7 Å². The second-order valence-corrected chi connectivity index (χ2v) is 9.09. The molecule has 8 heteroatoms. The highest BCUT2D eigenvalue weighted by molar-refractivity contribution is 6.31. The van der Waals surface area contributed by atoms with Crippen LogP contribution in [-0.2, 0) is 4.79 Å². The number of rotatable bonds is 9. The first kappa shape index (κ1) is 22.5. The zero-order valence-electron chi connectivity index (χ0n) is 17.7. The van der Waals surface area contributed by atoms with Crippen molar-refractivity contribution < 1.29 is 23.8 Å². The van der Waals surface area contributed by atoms with Gasteiger partial charge in [-0.05, 0) is 67.2 Å². The number of piperidine rings is 1. The number of carboxylic acid groups (broad SMARTS) is 1. The van der Waals surface area contributed by atoms with E-state index in [1.54, 1.807) is 12.3 Å². The molecule has 1 aliphatic carbocycles. The average Bonchev–Trinajstić information content (AvgIpc) is 3.61. The normalized spacial score (nSPS) is 17.8. The molecular formula is C24H26ClFN2O4. The number of nitrogens with zero attached hydrogens (tertiary/aromatic N) is 2. The summed E-state index contributed by atoms with van der Waals surface area (Å²) in [6.07, 6.45) is 6.13. The molecule has 170 valence electrons. The van der Waals surface area contributed by atoms with E-state index in [1.165, 1.54) is 0 Å². The van der Waals surface area contributed by atoms with Gasteiger partial charge in [0.05, 0.1) is 24.3 Å². The summed E-state index contributed by atoms with van der Waals surface area (Å²) in [6.45, 7) is 1.84. The number of hydrogen-bond donors (Lipinski definition) is 1. The quantitative estimate of drug-likeness (QED) is 0.533. The zero-order valence-corrected chi connectivity index (χ0v) is 18.4. The number of pyridine rings is 1. The number of anilines is 1. The van der Waals surface area contributed by atoms with Gasteiger partial charge in [0.15, 0.2) is 6.29 Å². The van der Waals surface area contributed by atoms with Crippen molar-refractivity contribution >= 4 is 29.5 Å². The summed E-state index contributed by atoms with van der Waals surface area (Å²) in [5.41, 5.74) is 1.54. The van der Waals surface area contributed by atoms with Crippen LogP contribution < -0.4 is 9.64 Å². The molecule has 1 saturated carbocycles. The third-order valence-corrected chi connectivity index (χ3v) is 6.60. The number of carbonyl (C=O) groups is 2. The summed E-state index contributed by atoms with van der Waals surface area (Å²) in [6, 6.07) is 6.53. The lowest BCUT2D eigenvalue weighted by atomic mass is 9.92. The summed E-state index contributed by atoms with van der Waals surface area (Å²) >= 11 is 5.99. The van der Waals surface area contributed by atoms with Crippen LogP contribution in [-0.4, -0.2) is 42.0 Å². The number of aliphatic carboxylic acids is 1. The molecule has 0 spiro atoms. The van der Waals surface area contributed by atoms with Gasteiger partial charge in [-0.25, -0.2) is 9.37 Å². The van der Waals surface area contributed by atoms with E-state index >= 15 is 0 Å². The molecule has 2 heterocycles. The lowest BCUT2D eigenvalue weighted by molar-refractivity contribution is -0.137. The highest BCUT2D eigenvalue weighted by atomic mass is 35.5. The molecule has 1 aromatic heterocycles. The number of carbonyl (C=O) groups excluding carboxylic acids is 1. The molecule has 0 bridgehead atoms. The average molecular weight is 461 g/mol. The Hall–Kier alpha value is -2.67. The standard InChI is InChI=1S/C24H26ClFN2O4/c25-18-10-21(26)20(13-29)22(11-18)28-7-4-15(5-8-28)14-32-23-9-17(3-6-27-23)19(12-24(30)31)16-1-2-16/h3,6,9-11,13,15-16,19H,1-2,4-5,7-8,12,14H2,(H,30,31). The van der Waals surface area contributed by atoms with Crippen molar-refractivity contribution in [3.8, 4) is 5.88 Å². The number of carboxylic acids is 1. The molecular weight excluding hydrogens is 435 g/mol. The highest BCUT2D eigenvalue weighted by Gasteiger charge is 2.34. The monoisotopic (exact) mass is 460 g/mol. The van der Waals surface area contributed by atoms with Crippen molar-refractivity contribution in [2.24, 2.45) is 11.8 Å². The fraction of sp³-hybridized carbons (Fsp3) is 0.458. The molecule has 0 amide bonds. The molecule has 32 heavy (non-hydrogen) atoms. The van der Waals surface area contributed by atoms with Crippen molar-refractivity contribution in [2.45, 2.75) is 38.0 Å². The molecule has 4 rings (SSSR count). The molecule has 2 aromatic rings. The Labute approximate surface area is 191 Å². The third-order valence-electron chi connectivity index (χ3n) is 6.39. The minimum Gasteiger partial charge on any atom is -0.481 e. The van der Waals surface area contributed by atoms with E-state index < -0.39 is 11.8 Å². The van der Waals surface area contributed by atoms with E-state index in [-0.39, 0.29) is 22.9 Å². The van der Waals surface area contributed by atoms with Crippen LogP contribution in [0.5, 0.6) is 5.88 Å². The summed E-state index contributed by atoms with van der Waals surface area (Å²) in [7, 11) is 0. The number of aldehydes is 1. The molecule has 1 aromatic carbocycles. The molecule has 1 saturated heterocycles. The summed E-state index contributed by atoms with van der Waals surface area (Å²) in [5.74, 6) is -0.138. The topological polar surface area (TPSA) is 79.7 Å². The van der Waals surface area contributed by atoms with Gasteiger partial charge in [0.25, 0.3) is 0 Å². The van der Waals surface area contributed by atoms with E-state index in [2.05, 4.69) is 4.98 Å². The van der Waals surface area contributed by atoms with E-state index in [0.717, 1.165) is 37.3 Å². The van der Waals surface area contributed by atoms with Crippen molar-refractivity contribution in [3.05, 3.63) is 52.4 Å². The molecule has 1 N–H and O–H groups in total. The minimum atomic E-state index is -0.787. The molecule has 1 unspecified atom stereocenters. The summed E-state index contributed by atoms with van der Waals surface area (Å²) in [5, 5.41) is 9.50. The van der Waals surface area contributed by atoms with Crippen LogP contribution >= 0.6 is 11.6 Å². The Bertz CT molecular complexity index is 990. The van der Waals surface area contributed by atoms with E-state index in [1.807, 2.05) is 17.0 Å². The number of benzene rings is 1. The Balaban J connectivity index is 1.34. The Morgan fingerprint density at radius 1 is 1.28 bits per heavy atom. The molecule has 1 aliphatic heterocycles. The van der Waals surface area contributed by atoms with Gasteiger partial charge in [0.2, 0.25) is 5.88 Å². The lowest BCUT2D eigenvalue weighted by Gasteiger charge is -2.34. The molecule has 0 radical (unpaired) electrons. The smallest absolute Gasteiger partial charge is 0.303 e. The predicted octanol–water partition coefficient (Wildman–Crippen LogP) is 4.95. The SMILES string of the molecule is O=Cc1c(F)cc(Cl)cc1N1CCC(COc2cc(C(CC(=O)O)C3CC3)ccn2)CC1. The zero-order chi connectivity index (χ0) is 22.7. The molecule has 1 atom stereocenters. The fourth-order valence-electron chi connectivity index (χ4n) is 4.47. The minimum absolute atomic E-state index is 0.00574. The van der Waals surface area contributed by atoms with Crippen LogP contribution in [0.25, 0.3) is 0 Å². The van der Waals surface area contributed by atoms with Gasteiger partial charge < -0.3 is 14.7 Å². The van der Waals surface area contributed by atoms with Gasteiger partial charge >= 0.3 is 5.97 Å². The number of aromatic nitrogens is 1. The third kappa shape index (κ3) is 5.38. The maximum absolute atomic E-state index is 14.1. The van der Waals surface area contributed by atoms with Crippen LogP contribution in [0.3, 0.4) is 0 Å². The Morgan fingerprint density at radius 3 is 2.69 bits per heavy atom. The molecule has 6 nitrogen and oxygen atoms in total.